The number of aliphatic hydroxyl groups excluding tert-OH is 1. The van der Waals surface area contributed by atoms with Gasteiger partial charge >= 0.3 is 0 Å². The molecule has 0 bridgehead atoms. The van der Waals surface area contributed by atoms with Crippen molar-refractivity contribution in [3.8, 4) is 17.2 Å². The highest BCUT2D eigenvalue weighted by Gasteiger charge is 2.47. The molecule has 184 valence electrons. The monoisotopic (exact) mass is 505 g/mol. The summed E-state index contributed by atoms with van der Waals surface area (Å²) in [7, 11) is 1.54. The first-order valence-corrected chi connectivity index (χ1v) is 11.9. The maximum absolute atomic E-state index is 13.4. The number of amides is 1. The summed E-state index contributed by atoms with van der Waals surface area (Å²) in [5.41, 5.74) is 2.42. The Morgan fingerprint density at radius 2 is 1.86 bits per heavy atom. The third-order valence-electron chi connectivity index (χ3n) is 6.32. The summed E-state index contributed by atoms with van der Waals surface area (Å²) in [5, 5.41) is 11.9. The van der Waals surface area contributed by atoms with Crippen LogP contribution in [0.1, 0.15) is 29.7 Å². The van der Waals surface area contributed by atoms with Crippen LogP contribution in [-0.4, -0.2) is 37.1 Å². The van der Waals surface area contributed by atoms with Crippen molar-refractivity contribution >= 4 is 34.7 Å². The third-order valence-corrected chi connectivity index (χ3v) is 6.57. The summed E-state index contributed by atoms with van der Waals surface area (Å²) in [4.78, 5) is 28.1. The van der Waals surface area contributed by atoms with Gasteiger partial charge in [-0.3, -0.25) is 14.5 Å². The van der Waals surface area contributed by atoms with Crippen LogP contribution in [0.3, 0.4) is 0 Å². The Hall–Kier alpha value is -3.97. The van der Waals surface area contributed by atoms with E-state index in [0.29, 0.717) is 53.0 Å². The largest absolute Gasteiger partial charge is 0.507 e. The minimum atomic E-state index is -0.902. The lowest BCUT2D eigenvalue weighted by molar-refractivity contribution is -0.132. The van der Waals surface area contributed by atoms with Crippen LogP contribution in [0.4, 0.5) is 5.69 Å². The highest BCUT2D eigenvalue weighted by molar-refractivity contribution is 6.51. The zero-order valence-electron chi connectivity index (χ0n) is 19.8. The number of Topliss-reactive ketones (excluding diaryl/α,β-unsaturated/α-hetero) is 1. The maximum Gasteiger partial charge on any atom is 0.300 e. The molecular formula is C28H24ClNO6. The molecule has 1 N–H and O–H groups in total. The van der Waals surface area contributed by atoms with Crippen LogP contribution >= 0.6 is 11.6 Å². The normalized spacial score (nSPS) is 18.2. The summed E-state index contributed by atoms with van der Waals surface area (Å²) >= 11 is 6.07. The minimum Gasteiger partial charge on any atom is -0.507 e. The highest BCUT2D eigenvalue weighted by atomic mass is 35.5. The molecule has 3 aromatic rings. The molecule has 1 atom stereocenters. The number of halogens is 1. The van der Waals surface area contributed by atoms with Gasteiger partial charge in [0.25, 0.3) is 11.7 Å². The van der Waals surface area contributed by atoms with Gasteiger partial charge in [0.2, 0.25) is 0 Å². The fourth-order valence-corrected chi connectivity index (χ4v) is 4.76. The Morgan fingerprint density at radius 1 is 1.08 bits per heavy atom. The molecule has 5 rings (SSSR count). The number of carbonyl (C=O) groups excluding carboxylic acids is 2. The van der Waals surface area contributed by atoms with E-state index in [2.05, 4.69) is 0 Å². The third kappa shape index (κ3) is 4.05. The molecule has 1 saturated heterocycles. The number of hydrogen-bond donors (Lipinski definition) is 1. The second-order valence-electron chi connectivity index (χ2n) is 8.41. The summed E-state index contributed by atoms with van der Waals surface area (Å²) in [6.07, 6.45) is 0.704. The number of benzene rings is 3. The van der Waals surface area contributed by atoms with Crippen molar-refractivity contribution in [1.29, 1.82) is 0 Å². The number of anilines is 1. The van der Waals surface area contributed by atoms with Crippen LogP contribution in [0.15, 0.2) is 66.2 Å². The SMILES string of the molecule is CCOc1cc(C2/C(=C(\O)c3ccc4c(c3)CCO4)C(=O)C(=O)N2c2ccc(Cl)cc2)ccc1OC. The molecule has 0 saturated carbocycles. The first-order valence-electron chi connectivity index (χ1n) is 11.6. The number of aliphatic hydroxyl groups is 1. The number of carbonyl (C=O) groups is 2. The second kappa shape index (κ2) is 9.59. The zero-order chi connectivity index (χ0) is 25.4. The van der Waals surface area contributed by atoms with Gasteiger partial charge in [0.15, 0.2) is 11.5 Å². The molecule has 0 spiro atoms. The number of hydrogen-bond acceptors (Lipinski definition) is 6. The number of methoxy groups -OCH3 is 1. The molecule has 1 fully saturated rings. The van der Waals surface area contributed by atoms with Crippen LogP contribution in [0, 0.1) is 0 Å². The molecule has 0 aromatic heterocycles. The van der Waals surface area contributed by atoms with E-state index in [1.165, 1.54) is 12.0 Å². The van der Waals surface area contributed by atoms with E-state index in [9.17, 15) is 14.7 Å². The number of ketones is 1. The smallest absolute Gasteiger partial charge is 0.300 e. The van der Waals surface area contributed by atoms with Gasteiger partial charge in [-0.15, -0.1) is 0 Å². The quantitative estimate of drug-likeness (QED) is 0.278. The van der Waals surface area contributed by atoms with Crippen LogP contribution in [0.2, 0.25) is 5.02 Å². The van der Waals surface area contributed by atoms with Gasteiger partial charge in [-0.1, -0.05) is 17.7 Å². The number of rotatable bonds is 6. The van der Waals surface area contributed by atoms with Gasteiger partial charge in [-0.2, -0.15) is 0 Å². The van der Waals surface area contributed by atoms with Crippen molar-refractivity contribution in [2.24, 2.45) is 0 Å². The fourth-order valence-electron chi connectivity index (χ4n) is 4.64. The molecule has 0 radical (unpaired) electrons. The van der Waals surface area contributed by atoms with Crippen molar-refractivity contribution in [2.45, 2.75) is 19.4 Å². The minimum absolute atomic E-state index is 0.0126. The fraction of sp³-hybridized carbons (Fsp3) is 0.214. The number of nitrogens with zero attached hydrogens (tertiary/aromatic N) is 1. The summed E-state index contributed by atoms with van der Waals surface area (Å²) < 4.78 is 16.7. The molecule has 7 nitrogen and oxygen atoms in total. The molecule has 2 aliphatic rings. The molecule has 1 unspecified atom stereocenters. The molecule has 3 aromatic carbocycles. The Kier molecular flexibility index (Phi) is 6.33. The van der Waals surface area contributed by atoms with E-state index in [1.807, 2.05) is 6.92 Å². The summed E-state index contributed by atoms with van der Waals surface area (Å²) in [5.74, 6) is -0.0452. The van der Waals surface area contributed by atoms with E-state index in [4.69, 9.17) is 25.8 Å². The van der Waals surface area contributed by atoms with Crippen molar-refractivity contribution in [1.82, 2.24) is 0 Å². The molecule has 8 heteroatoms. The standard InChI is InChI=1S/C28H24ClNO6/c1-3-35-23-15-17(4-11-22(23)34-2)25-24(26(31)18-5-10-21-16(14-18)12-13-36-21)27(32)28(33)30(25)20-8-6-19(29)7-9-20/h4-11,14-15,25,31H,3,12-13H2,1-2H3/b26-24+. The highest BCUT2D eigenvalue weighted by Crippen LogP contribution is 2.44. The van der Waals surface area contributed by atoms with Gasteiger partial charge in [0.05, 0.1) is 31.9 Å². The van der Waals surface area contributed by atoms with Gasteiger partial charge < -0.3 is 19.3 Å². The lowest BCUT2D eigenvalue weighted by atomic mass is 9.94. The van der Waals surface area contributed by atoms with Crippen LogP contribution in [0.25, 0.3) is 5.76 Å². The van der Waals surface area contributed by atoms with Crippen LogP contribution < -0.4 is 19.1 Å². The van der Waals surface area contributed by atoms with Crippen molar-refractivity contribution < 1.29 is 28.9 Å². The van der Waals surface area contributed by atoms with E-state index in [0.717, 1.165) is 11.3 Å². The molecule has 36 heavy (non-hydrogen) atoms. The first-order chi connectivity index (χ1) is 17.4. The predicted molar refractivity (Wildman–Crippen MR) is 136 cm³/mol. The van der Waals surface area contributed by atoms with Gasteiger partial charge in [0.1, 0.15) is 11.5 Å². The number of fused-ring (bicyclic) bond motifs is 1. The Balaban J connectivity index is 1.71. The van der Waals surface area contributed by atoms with E-state index >= 15 is 0 Å². The second-order valence-corrected chi connectivity index (χ2v) is 8.85. The van der Waals surface area contributed by atoms with Crippen LogP contribution in [0.5, 0.6) is 17.2 Å². The molecule has 0 aliphatic carbocycles. The Morgan fingerprint density at radius 3 is 2.58 bits per heavy atom. The summed E-state index contributed by atoms with van der Waals surface area (Å²) in [6, 6.07) is 16.2. The van der Waals surface area contributed by atoms with Gasteiger partial charge in [-0.25, -0.2) is 0 Å². The topological polar surface area (TPSA) is 85.3 Å². The summed E-state index contributed by atoms with van der Waals surface area (Å²) in [6.45, 7) is 2.81. The zero-order valence-corrected chi connectivity index (χ0v) is 20.5. The molecule has 2 aliphatic heterocycles. The Labute approximate surface area is 213 Å². The van der Waals surface area contributed by atoms with E-state index < -0.39 is 17.7 Å². The lowest BCUT2D eigenvalue weighted by Gasteiger charge is -2.26. The van der Waals surface area contributed by atoms with Gasteiger partial charge in [0, 0.05) is 22.7 Å². The molecular weight excluding hydrogens is 482 g/mol. The Bertz CT molecular complexity index is 1380. The van der Waals surface area contributed by atoms with Crippen LogP contribution in [-0.2, 0) is 16.0 Å². The number of ether oxygens (including phenoxy) is 3. The van der Waals surface area contributed by atoms with E-state index in [-0.39, 0.29) is 11.3 Å². The molecule has 2 heterocycles. The van der Waals surface area contributed by atoms with Crippen molar-refractivity contribution in [3.05, 3.63) is 87.9 Å². The van der Waals surface area contributed by atoms with E-state index in [1.54, 1.807) is 60.7 Å². The molecule has 1 amide bonds. The maximum atomic E-state index is 13.4. The van der Waals surface area contributed by atoms with Crippen molar-refractivity contribution in [3.63, 3.8) is 0 Å². The van der Waals surface area contributed by atoms with Crippen molar-refractivity contribution in [2.75, 3.05) is 25.2 Å². The van der Waals surface area contributed by atoms with Gasteiger partial charge in [-0.05, 0) is 72.6 Å². The lowest BCUT2D eigenvalue weighted by Crippen LogP contribution is -2.29. The average Bonchev–Trinajstić information content (AvgIpc) is 3.46. The predicted octanol–water partition coefficient (Wildman–Crippen LogP) is 5.31. The first kappa shape index (κ1) is 23.8. The average molecular weight is 506 g/mol.